The van der Waals surface area contributed by atoms with Crippen molar-refractivity contribution in [1.82, 2.24) is 4.90 Å². The molecule has 1 aromatic heterocycles. The SMILES string of the molecule is COc1cccc(NS(=O)(=O)c2ccc(CC(=O)N3CCCCC3)s2)c1. The van der Waals surface area contributed by atoms with Crippen molar-refractivity contribution in [2.24, 2.45) is 0 Å². The number of likely N-dealkylation sites (tertiary alicyclic amines) is 1. The molecule has 1 N–H and O–H groups in total. The molecule has 1 aliphatic rings. The van der Waals surface area contributed by atoms with Crippen molar-refractivity contribution >= 4 is 33.0 Å². The number of ether oxygens (including phenoxy) is 1. The Labute approximate surface area is 157 Å². The zero-order chi connectivity index (χ0) is 18.6. The van der Waals surface area contributed by atoms with E-state index in [4.69, 9.17) is 4.74 Å². The van der Waals surface area contributed by atoms with Crippen LogP contribution in [0.4, 0.5) is 5.69 Å². The summed E-state index contributed by atoms with van der Waals surface area (Å²) in [7, 11) is -2.16. The molecule has 140 valence electrons. The highest BCUT2D eigenvalue weighted by atomic mass is 32.2. The van der Waals surface area contributed by atoms with Gasteiger partial charge in [0, 0.05) is 24.0 Å². The van der Waals surface area contributed by atoms with Gasteiger partial charge in [0.15, 0.2) is 0 Å². The van der Waals surface area contributed by atoms with Gasteiger partial charge < -0.3 is 9.64 Å². The molecule has 0 saturated carbocycles. The minimum Gasteiger partial charge on any atom is -0.497 e. The van der Waals surface area contributed by atoms with E-state index in [1.54, 1.807) is 36.4 Å². The van der Waals surface area contributed by atoms with Crippen molar-refractivity contribution in [2.75, 3.05) is 24.9 Å². The molecular formula is C18H22N2O4S2. The molecule has 26 heavy (non-hydrogen) atoms. The third kappa shape index (κ3) is 4.56. The highest BCUT2D eigenvalue weighted by Gasteiger charge is 2.21. The number of rotatable bonds is 6. The summed E-state index contributed by atoms with van der Waals surface area (Å²) in [6, 6.07) is 10.0. The highest BCUT2D eigenvalue weighted by molar-refractivity contribution is 7.94. The molecule has 6 nitrogen and oxygen atoms in total. The fourth-order valence-electron chi connectivity index (χ4n) is 2.89. The number of methoxy groups -OCH3 is 1. The number of nitrogens with one attached hydrogen (secondary N) is 1. The lowest BCUT2D eigenvalue weighted by atomic mass is 10.1. The summed E-state index contributed by atoms with van der Waals surface area (Å²) in [5, 5.41) is 0. The fraction of sp³-hybridized carbons (Fsp3) is 0.389. The summed E-state index contributed by atoms with van der Waals surface area (Å²) in [6.45, 7) is 1.60. The average Bonchev–Trinajstić information content (AvgIpc) is 3.12. The number of carbonyl (C=O) groups is 1. The summed E-state index contributed by atoms with van der Waals surface area (Å²) in [5.41, 5.74) is 0.434. The van der Waals surface area contributed by atoms with Crippen LogP contribution in [0.5, 0.6) is 5.75 Å². The number of thiophene rings is 1. The largest absolute Gasteiger partial charge is 0.497 e. The van der Waals surface area contributed by atoms with Crippen LogP contribution in [-0.2, 0) is 21.2 Å². The number of nitrogens with zero attached hydrogens (tertiary/aromatic N) is 1. The van der Waals surface area contributed by atoms with E-state index in [1.807, 2.05) is 4.90 Å². The van der Waals surface area contributed by atoms with E-state index in [0.717, 1.165) is 42.1 Å². The standard InChI is InChI=1S/C18H22N2O4S2/c1-24-15-7-5-6-14(12-15)19-26(22,23)18-9-8-16(25-18)13-17(21)20-10-3-2-4-11-20/h5-9,12,19H,2-4,10-11,13H2,1H3. The highest BCUT2D eigenvalue weighted by Crippen LogP contribution is 2.26. The molecule has 1 amide bonds. The number of carbonyl (C=O) groups excluding carboxylic acids is 1. The Bertz CT molecular complexity index is 871. The zero-order valence-corrected chi connectivity index (χ0v) is 16.2. The van der Waals surface area contributed by atoms with Crippen LogP contribution in [0, 0.1) is 0 Å². The molecule has 1 fully saturated rings. The van der Waals surface area contributed by atoms with E-state index in [0.29, 0.717) is 11.4 Å². The lowest BCUT2D eigenvalue weighted by molar-refractivity contribution is -0.131. The topological polar surface area (TPSA) is 75.7 Å². The van der Waals surface area contributed by atoms with Gasteiger partial charge in [0.2, 0.25) is 5.91 Å². The Kier molecular flexibility index (Phi) is 5.83. The predicted molar refractivity (Wildman–Crippen MR) is 102 cm³/mol. The third-order valence-electron chi connectivity index (χ3n) is 4.26. The first-order chi connectivity index (χ1) is 12.5. The second-order valence-electron chi connectivity index (χ2n) is 6.18. The number of sulfonamides is 1. The molecule has 8 heteroatoms. The van der Waals surface area contributed by atoms with Gasteiger partial charge in [-0.05, 0) is 43.5 Å². The fourth-order valence-corrected chi connectivity index (χ4v) is 5.29. The van der Waals surface area contributed by atoms with Crippen molar-refractivity contribution in [3.63, 3.8) is 0 Å². The van der Waals surface area contributed by atoms with Crippen LogP contribution in [0.25, 0.3) is 0 Å². The lowest BCUT2D eigenvalue weighted by Gasteiger charge is -2.26. The molecule has 0 aliphatic carbocycles. The van der Waals surface area contributed by atoms with Gasteiger partial charge in [0.05, 0.1) is 19.2 Å². The summed E-state index contributed by atoms with van der Waals surface area (Å²) in [5.74, 6) is 0.639. The zero-order valence-electron chi connectivity index (χ0n) is 14.6. The molecule has 3 rings (SSSR count). The molecule has 0 spiro atoms. The molecule has 0 radical (unpaired) electrons. The molecule has 1 aliphatic heterocycles. The number of piperidine rings is 1. The van der Waals surface area contributed by atoms with E-state index >= 15 is 0 Å². The Morgan fingerprint density at radius 3 is 2.69 bits per heavy atom. The molecular weight excluding hydrogens is 372 g/mol. The van der Waals surface area contributed by atoms with Gasteiger partial charge in [0.25, 0.3) is 10.0 Å². The quantitative estimate of drug-likeness (QED) is 0.817. The minimum atomic E-state index is -3.69. The maximum Gasteiger partial charge on any atom is 0.271 e. The second-order valence-corrected chi connectivity index (χ2v) is 9.25. The minimum absolute atomic E-state index is 0.0660. The summed E-state index contributed by atoms with van der Waals surface area (Å²) < 4.78 is 33.0. The van der Waals surface area contributed by atoms with E-state index < -0.39 is 10.0 Å². The Balaban J connectivity index is 1.68. The Morgan fingerprint density at radius 1 is 1.19 bits per heavy atom. The normalized spacial score (nSPS) is 14.9. The molecule has 0 unspecified atom stereocenters. The number of anilines is 1. The van der Waals surface area contributed by atoms with Crippen molar-refractivity contribution in [2.45, 2.75) is 29.9 Å². The Hall–Kier alpha value is -2.06. The van der Waals surface area contributed by atoms with E-state index in [-0.39, 0.29) is 16.5 Å². The van der Waals surface area contributed by atoms with E-state index in [9.17, 15) is 13.2 Å². The molecule has 0 atom stereocenters. The summed E-state index contributed by atoms with van der Waals surface area (Å²) in [4.78, 5) is 15.0. The van der Waals surface area contributed by atoms with Crippen molar-refractivity contribution in [3.8, 4) is 5.75 Å². The van der Waals surface area contributed by atoms with Gasteiger partial charge in [-0.1, -0.05) is 6.07 Å². The van der Waals surface area contributed by atoms with Crippen LogP contribution in [0.15, 0.2) is 40.6 Å². The van der Waals surface area contributed by atoms with Gasteiger partial charge in [-0.15, -0.1) is 11.3 Å². The molecule has 1 aromatic carbocycles. The van der Waals surface area contributed by atoms with Gasteiger partial charge >= 0.3 is 0 Å². The van der Waals surface area contributed by atoms with Gasteiger partial charge in [0.1, 0.15) is 9.96 Å². The lowest BCUT2D eigenvalue weighted by Crippen LogP contribution is -2.36. The average molecular weight is 395 g/mol. The maximum atomic E-state index is 12.6. The van der Waals surface area contributed by atoms with Gasteiger partial charge in [-0.2, -0.15) is 0 Å². The van der Waals surface area contributed by atoms with Crippen molar-refractivity contribution in [3.05, 3.63) is 41.3 Å². The summed E-state index contributed by atoms with van der Waals surface area (Å²) >= 11 is 1.13. The second kappa shape index (κ2) is 8.09. The van der Waals surface area contributed by atoms with Crippen LogP contribution in [0.2, 0.25) is 0 Å². The maximum absolute atomic E-state index is 12.6. The Morgan fingerprint density at radius 2 is 1.96 bits per heavy atom. The molecule has 0 bridgehead atoms. The number of benzene rings is 1. The van der Waals surface area contributed by atoms with Crippen LogP contribution in [-0.4, -0.2) is 39.4 Å². The number of hydrogen-bond donors (Lipinski definition) is 1. The molecule has 2 heterocycles. The van der Waals surface area contributed by atoms with Crippen LogP contribution in [0.3, 0.4) is 0 Å². The number of amides is 1. The summed E-state index contributed by atoms with van der Waals surface area (Å²) in [6.07, 6.45) is 3.50. The van der Waals surface area contributed by atoms with E-state index in [2.05, 4.69) is 4.72 Å². The van der Waals surface area contributed by atoms with Crippen molar-refractivity contribution < 1.29 is 17.9 Å². The first-order valence-electron chi connectivity index (χ1n) is 8.51. The first kappa shape index (κ1) is 18.7. The van der Waals surface area contributed by atoms with Crippen LogP contribution >= 0.6 is 11.3 Å². The smallest absolute Gasteiger partial charge is 0.271 e. The first-order valence-corrected chi connectivity index (χ1v) is 10.8. The van der Waals surface area contributed by atoms with Crippen LogP contribution in [0.1, 0.15) is 24.1 Å². The monoisotopic (exact) mass is 394 g/mol. The van der Waals surface area contributed by atoms with Gasteiger partial charge in [-0.25, -0.2) is 8.42 Å². The van der Waals surface area contributed by atoms with Crippen molar-refractivity contribution in [1.29, 1.82) is 0 Å². The molecule has 1 saturated heterocycles. The molecule has 2 aromatic rings. The van der Waals surface area contributed by atoms with Crippen LogP contribution < -0.4 is 9.46 Å². The van der Waals surface area contributed by atoms with E-state index in [1.165, 1.54) is 13.5 Å². The number of hydrogen-bond acceptors (Lipinski definition) is 5. The third-order valence-corrected chi connectivity index (χ3v) is 7.22. The van der Waals surface area contributed by atoms with Gasteiger partial charge in [-0.3, -0.25) is 9.52 Å². The predicted octanol–water partition coefficient (Wildman–Crippen LogP) is 3.11.